The van der Waals surface area contributed by atoms with Crippen molar-refractivity contribution in [2.75, 3.05) is 0 Å². The average molecular weight is 371 g/mol. The Labute approximate surface area is 99.3 Å². The van der Waals surface area contributed by atoms with Crippen LogP contribution < -0.4 is 0 Å². The minimum atomic E-state index is -4.64. The first-order valence-corrected chi connectivity index (χ1v) is 7.04. The summed E-state index contributed by atoms with van der Waals surface area (Å²) in [7, 11) is -13.9. The first kappa shape index (κ1) is 25.7. The molecular weight excluding hydrogens is 358 g/mol. The van der Waals surface area contributed by atoms with E-state index in [1.54, 1.807) is 0 Å². The molecule has 9 N–H and O–H groups in total. The van der Waals surface area contributed by atoms with E-state index in [-0.39, 0.29) is 17.6 Å². The fraction of sp³-hybridized carbons (Fsp3) is 0. The van der Waals surface area contributed by atoms with Crippen LogP contribution in [-0.2, 0) is 13.7 Å². The Morgan fingerprint density at radius 1 is 0.438 bits per heavy atom. The maximum absolute atomic E-state index is 8.88. The predicted octanol–water partition coefficient (Wildman–Crippen LogP) is -4.24. The number of phosphoric acid groups is 3. The summed E-state index contributed by atoms with van der Waals surface area (Å²) >= 11 is 0. The van der Waals surface area contributed by atoms with Gasteiger partial charge < -0.3 is 44.0 Å². The molecule has 0 unspecified atom stereocenters. The summed E-state index contributed by atoms with van der Waals surface area (Å²) < 4.78 is 26.6. The van der Waals surface area contributed by atoms with Crippen LogP contribution in [0, 0.1) is 0 Å². The van der Waals surface area contributed by atoms with E-state index < -0.39 is 23.5 Å². The van der Waals surface area contributed by atoms with Gasteiger partial charge >= 0.3 is 41.1 Å². The first-order chi connectivity index (χ1) is 6.00. The van der Waals surface area contributed by atoms with Crippen LogP contribution in [0.5, 0.6) is 0 Å². The molecule has 0 rings (SSSR count). The molecule has 0 bridgehead atoms. The molecule has 0 radical (unpaired) electrons. The topological polar surface area (TPSA) is 233 Å². The first-order valence-electron chi connectivity index (χ1n) is 2.35. The molecule has 16 heteroatoms. The summed E-state index contributed by atoms with van der Waals surface area (Å²) in [5.41, 5.74) is 0. The van der Waals surface area contributed by atoms with Gasteiger partial charge in [-0.3, -0.25) is 0 Å². The van der Waals surface area contributed by atoms with Crippen molar-refractivity contribution in [1.82, 2.24) is 0 Å². The Morgan fingerprint density at radius 3 is 0.438 bits per heavy atom. The third kappa shape index (κ3) is 3760. The minimum absolute atomic E-state index is 0. The normalized spacial score (nSPS) is 11.1. The van der Waals surface area contributed by atoms with Crippen LogP contribution in [-0.4, -0.2) is 61.6 Å². The molecule has 0 saturated heterocycles. The van der Waals surface area contributed by atoms with Crippen molar-refractivity contribution in [3.63, 3.8) is 0 Å². The van der Waals surface area contributed by atoms with Gasteiger partial charge in [0, 0.05) is 0 Å². The Balaban J connectivity index is -0.0000000655. The van der Waals surface area contributed by atoms with Gasteiger partial charge in [-0.1, -0.05) is 0 Å². The second kappa shape index (κ2) is 9.86. The van der Waals surface area contributed by atoms with Gasteiger partial charge in [0.2, 0.25) is 0 Å². The van der Waals surface area contributed by atoms with Crippen molar-refractivity contribution < 1.29 is 57.7 Å². The number of hydrogen-bond acceptors (Lipinski definition) is 3. The van der Waals surface area contributed by atoms with Crippen LogP contribution in [0.25, 0.3) is 0 Å². The summed E-state index contributed by atoms with van der Waals surface area (Å²) in [6.45, 7) is 0. The molecule has 0 aromatic rings. The molecule has 0 aliphatic carbocycles. The zero-order chi connectivity index (χ0) is 13.5. The molecule has 0 aliphatic heterocycles. The zero-order valence-corrected chi connectivity index (χ0v) is 9.27. The summed E-state index contributed by atoms with van der Waals surface area (Å²) in [6.07, 6.45) is 0. The van der Waals surface area contributed by atoms with Crippen molar-refractivity contribution >= 4 is 41.1 Å². The van der Waals surface area contributed by atoms with Crippen molar-refractivity contribution in [2.24, 2.45) is 0 Å². The molecule has 0 aromatic carbocycles. The molecule has 12 nitrogen and oxygen atoms in total. The molecule has 0 atom stereocenters. The van der Waals surface area contributed by atoms with Gasteiger partial charge in [0.15, 0.2) is 0 Å². The van der Waals surface area contributed by atoms with E-state index in [0.29, 0.717) is 0 Å². The summed E-state index contributed by atoms with van der Waals surface area (Å²) in [5.74, 6) is 0. The Morgan fingerprint density at radius 2 is 0.438 bits per heavy atom. The fourth-order valence-corrected chi connectivity index (χ4v) is 0. The predicted molar refractivity (Wildman–Crippen MR) is 54.1 cm³/mol. The standard InChI is InChI=1S/GeH4.3H3O4P/c;3*1-5(2,3)4/h1H4;3*(H3,1,2,3,4). The zero-order valence-electron chi connectivity index (χ0n) is 6.59. The molecular formula is H13GeO12P3. The molecule has 0 aliphatic rings. The molecule has 104 valence electrons. The van der Waals surface area contributed by atoms with Gasteiger partial charge in [0.05, 0.1) is 0 Å². The van der Waals surface area contributed by atoms with E-state index in [9.17, 15) is 0 Å². The molecule has 16 heavy (non-hydrogen) atoms. The van der Waals surface area contributed by atoms with E-state index in [1.165, 1.54) is 0 Å². The van der Waals surface area contributed by atoms with Crippen LogP contribution in [0.15, 0.2) is 0 Å². The summed E-state index contributed by atoms with van der Waals surface area (Å²) in [6, 6.07) is 0. The monoisotopic (exact) mass is 372 g/mol. The molecule has 0 amide bonds. The second-order valence-electron chi connectivity index (χ2n) is 1.54. The van der Waals surface area contributed by atoms with Crippen molar-refractivity contribution in [3.8, 4) is 0 Å². The van der Waals surface area contributed by atoms with E-state index in [0.717, 1.165) is 0 Å². The van der Waals surface area contributed by atoms with Gasteiger partial charge in [-0.15, -0.1) is 0 Å². The third-order valence-electron chi connectivity index (χ3n) is 0. The number of rotatable bonds is 0. The van der Waals surface area contributed by atoms with Crippen LogP contribution in [0.3, 0.4) is 0 Å². The molecule has 0 heterocycles. The molecule has 0 fully saturated rings. The van der Waals surface area contributed by atoms with Crippen molar-refractivity contribution in [2.45, 2.75) is 0 Å². The number of hydrogen-bond donors (Lipinski definition) is 9. The second-order valence-corrected chi connectivity index (χ2v) is 4.62. The summed E-state index contributed by atoms with van der Waals surface area (Å²) in [5, 5.41) is 0. The fourth-order valence-electron chi connectivity index (χ4n) is 0. The maximum atomic E-state index is 8.88. The van der Waals surface area contributed by atoms with Crippen LogP contribution >= 0.6 is 23.5 Å². The van der Waals surface area contributed by atoms with Gasteiger partial charge in [-0.25, -0.2) is 13.7 Å². The van der Waals surface area contributed by atoms with Gasteiger partial charge in [-0.2, -0.15) is 0 Å². The van der Waals surface area contributed by atoms with E-state index >= 15 is 0 Å². The van der Waals surface area contributed by atoms with E-state index in [4.69, 9.17) is 57.7 Å². The van der Waals surface area contributed by atoms with E-state index in [2.05, 4.69) is 0 Å². The van der Waals surface area contributed by atoms with Crippen LogP contribution in [0.4, 0.5) is 0 Å². The van der Waals surface area contributed by atoms with Crippen LogP contribution in [0.2, 0.25) is 0 Å². The molecule has 0 saturated carbocycles. The summed E-state index contributed by atoms with van der Waals surface area (Å²) in [4.78, 5) is 64.7. The molecule has 0 aromatic heterocycles. The van der Waals surface area contributed by atoms with Crippen molar-refractivity contribution in [1.29, 1.82) is 0 Å². The van der Waals surface area contributed by atoms with E-state index in [1.807, 2.05) is 0 Å². The Hall–Kier alpha value is 0.873. The van der Waals surface area contributed by atoms with Gasteiger partial charge in [0.1, 0.15) is 0 Å². The molecule has 0 spiro atoms. The van der Waals surface area contributed by atoms with Crippen molar-refractivity contribution in [3.05, 3.63) is 0 Å². The third-order valence-corrected chi connectivity index (χ3v) is 0. The van der Waals surface area contributed by atoms with Gasteiger partial charge in [-0.05, 0) is 0 Å². The Bertz CT molecular complexity index is 202. The average Bonchev–Trinajstić information content (AvgIpc) is 1.41. The van der Waals surface area contributed by atoms with Crippen LogP contribution in [0.1, 0.15) is 0 Å². The van der Waals surface area contributed by atoms with Gasteiger partial charge in [0.25, 0.3) is 0 Å². The Kier molecular flexibility index (Phi) is 15.8. The quantitative estimate of drug-likeness (QED) is 0.146. The SMILES string of the molecule is O=P(O)(O)O.O=P(O)(O)O.O=P(O)(O)O.[GeH4].